The quantitative estimate of drug-likeness (QED) is 0.688. The Morgan fingerprint density at radius 1 is 1.22 bits per heavy atom. The number of aliphatic hydroxyl groups is 1. The zero-order valence-electron chi connectivity index (χ0n) is 11.0. The SMILES string of the molecule is CCCCCCCCOc1coc(CO)cc1=O. The van der Waals surface area contributed by atoms with E-state index in [1.807, 2.05) is 0 Å². The minimum Gasteiger partial charge on any atom is -0.487 e. The zero-order valence-corrected chi connectivity index (χ0v) is 11.0. The first kappa shape index (κ1) is 14.8. The van der Waals surface area contributed by atoms with Crippen LogP contribution in [0.3, 0.4) is 0 Å². The standard InChI is InChI=1S/C14H22O4/c1-2-3-4-5-6-7-8-17-14-11-18-12(10-15)9-13(14)16/h9,11,15H,2-8,10H2,1H3. The van der Waals surface area contributed by atoms with Gasteiger partial charge in [0.1, 0.15) is 18.6 Å². The lowest BCUT2D eigenvalue weighted by Crippen LogP contribution is -2.09. The first-order chi connectivity index (χ1) is 8.77. The van der Waals surface area contributed by atoms with Crippen LogP contribution in [0.2, 0.25) is 0 Å². The Hall–Kier alpha value is -1.29. The van der Waals surface area contributed by atoms with Gasteiger partial charge >= 0.3 is 0 Å². The molecule has 4 nitrogen and oxygen atoms in total. The van der Waals surface area contributed by atoms with Crippen molar-refractivity contribution in [2.75, 3.05) is 6.61 Å². The van der Waals surface area contributed by atoms with Gasteiger partial charge in [0.15, 0.2) is 0 Å². The predicted octanol–water partition coefficient (Wildman–Crippen LogP) is 2.87. The molecule has 1 heterocycles. The molecule has 4 heteroatoms. The highest BCUT2D eigenvalue weighted by Crippen LogP contribution is 2.08. The molecule has 102 valence electrons. The van der Waals surface area contributed by atoms with Crippen molar-refractivity contribution in [1.82, 2.24) is 0 Å². The summed E-state index contributed by atoms with van der Waals surface area (Å²) in [6, 6.07) is 1.26. The molecule has 0 radical (unpaired) electrons. The number of aliphatic hydroxyl groups excluding tert-OH is 1. The maximum absolute atomic E-state index is 11.5. The normalized spacial score (nSPS) is 10.6. The number of hydrogen-bond donors (Lipinski definition) is 1. The topological polar surface area (TPSA) is 59.7 Å². The summed E-state index contributed by atoms with van der Waals surface area (Å²) in [5, 5.41) is 8.80. The van der Waals surface area contributed by atoms with Crippen LogP contribution in [0.5, 0.6) is 5.75 Å². The molecular formula is C14H22O4. The lowest BCUT2D eigenvalue weighted by atomic mass is 10.1. The molecule has 1 rings (SSSR count). The van der Waals surface area contributed by atoms with Gasteiger partial charge in [-0.1, -0.05) is 39.0 Å². The average Bonchev–Trinajstić information content (AvgIpc) is 2.39. The van der Waals surface area contributed by atoms with E-state index in [-0.39, 0.29) is 23.5 Å². The lowest BCUT2D eigenvalue weighted by molar-refractivity contribution is 0.236. The van der Waals surface area contributed by atoms with Crippen LogP contribution in [-0.2, 0) is 6.61 Å². The number of hydrogen-bond acceptors (Lipinski definition) is 4. The van der Waals surface area contributed by atoms with Crippen molar-refractivity contribution in [2.24, 2.45) is 0 Å². The van der Waals surface area contributed by atoms with Crippen molar-refractivity contribution < 1.29 is 14.3 Å². The second-order valence-corrected chi connectivity index (χ2v) is 4.35. The first-order valence-corrected chi connectivity index (χ1v) is 6.63. The highest BCUT2D eigenvalue weighted by atomic mass is 16.5. The van der Waals surface area contributed by atoms with Crippen molar-refractivity contribution in [2.45, 2.75) is 52.1 Å². The highest BCUT2D eigenvalue weighted by Gasteiger charge is 2.03. The van der Waals surface area contributed by atoms with Gasteiger partial charge in [-0.15, -0.1) is 0 Å². The summed E-state index contributed by atoms with van der Waals surface area (Å²) in [5.41, 5.74) is -0.240. The molecule has 18 heavy (non-hydrogen) atoms. The molecule has 0 aliphatic carbocycles. The molecule has 0 saturated heterocycles. The fourth-order valence-electron chi connectivity index (χ4n) is 1.69. The van der Waals surface area contributed by atoms with Crippen molar-refractivity contribution in [1.29, 1.82) is 0 Å². The third-order valence-corrected chi connectivity index (χ3v) is 2.76. The Morgan fingerprint density at radius 2 is 1.94 bits per heavy atom. The van der Waals surface area contributed by atoms with Gasteiger partial charge in [-0.2, -0.15) is 0 Å². The number of rotatable bonds is 9. The van der Waals surface area contributed by atoms with E-state index in [2.05, 4.69) is 6.92 Å². The van der Waals surface area contributed by atoms with Gasteiger partial charge in [0.25, 0.3) is 0 Å². The van der Waals surface area contributed by atoms with E-state index < -0.39 is 0 Å². The Morgan fingerprint density at radius 3 is 2.61 bits per heavy atom. The number of ether oxygens (including phenoxy) is 1. The first-order valence-electron chi connectivity index (χ1n) is 6.63. The average molecular weight is 254 g/mol. The second kappa shape index (κ2) is 8.75. The van der Waals surface area contributed by atoms with Crippen molar-refractivity contribution in [3.8, 4) is 5.75 Å². The summed E-state index contributed by atoms with van der Waals surface area (Å²) in [6.45, 7) is 2.46. The van der Waals surface area contributed by atoms with E-state index in [0.717, 1.165) is 12.8 Å². The molecule has 1 aromatic rings. The molecule has 0 fully saturated rings. The fraction of sp³-hybridized carbons (Fsp3) is 0.643. The Labute approximate surface area is 108 Å². The molecule has 0 bridgehead atoms. The van der Waals surface area contributed by atoms with Crippen LogP contribution in [0, 0.1) is 0 Å². The molecule has 0 aliphatic rings. The van der Waals surface area contributed by atoms with Crippen LogP contribution >= 0.6 is 0 Å². The monoisotopic (exact) mass is 254 g/mol. The molecule has 1 aromatic heterocycles. The van der Waals surface area contributed by atoms with Crippen LogP contribution in [0.15, 0.2) is 21.5 Å². The minimum atomic E-state index is -0.271. The van der Waals surface area contributed by atoms with Gasteiger partial charge in [0, 0.05) is 6.07 Å². The number of unbranched alkanes of at least 4 members (excludes halogenated alkanes) is 5. The summed E-state index contributed by atoms with van der Waals surface area (Å²) in [6.07, 6.45) is 8.36. The second-order valence-electron chi connectivity index (χ2n) is 4.35. The molecule has 1 N–H and O–H groups in total. The summed E-state index contributed by atoms with van der Waals surface area (Å²) in [7, 11) is 0. The maximum Gasteiger partial charge on any atom is 0.227 e. The van der Waals surface area contributed by atoms with Crippen molar-refractivity contribution in [3.63, 3.8) is 0 Å². The molecule has 0 spiro atoms. The third-order valence-electron chi connectivity index (χ3n) is 2.76. The van der Waals surface area contributed by atoms with Crippen molar-refractivity contribution >= 4 is 0 Å². The van der Waals surface area contributed by atoms with E-state index in [4.69, 9.17) is 14.3 Å². The van der Waals surface area contributed by atoms with Gasteiger partial charge < -0.3 is 14.3 Å². The smallest absolute Gasteiger partial charge is 0.227 e. The largest absolute Gasteiger partial charge is 0.487 e. The molecule has 0 aromatic carbocycles. The molecule has 0 amide bonds. The van der Waals surface area contributed by atoms with Gasteiger partial charge in [-0.3, -0.25) is 4.79 Å². The molecular weight excluding hydrogens is 232 g/mol. The molecule has 0 atom stereocenters. The highest BCUT2D eigenvalue weighted by molar-refractivity contribution is 5.17. The van der Waals surface area contributed by atoms with E-state index >= 15 is 0 Å². The Balaban J connectivity index is 2.21. The minimum absolute atomic E-state index is 0.223. The zero-order chi connectivity index (χ0) is 13.2. The van der Waals surface area contributed by atoms with Crippen LogP contribution in [0.4, 0.5) is 0 Å². The molecule has 0 saturated carbocycles. The molecule has 0 aliphatic heterocycles. The van der Waals surface area contributed by atoms with Gasteiger partial charge in [-0.25, -0.2) is 0 Å². The van der Waals surface area contributed by atoms with E-state index in [1.54, 1.807) is 0 Å². The lowest BCUT2D eigenvalue weighted by Gasteiger charge is -2.05. The Kier molecular flexibility index (Phi) is 7.18. The van der Waals surface area contributed by atoms with Gasteiger partial charge in [0.2, 0.25) is 11.2 Å². The summed E-state index contributed by atoms with van der Waals surface area (Å²) >= 11 is 0. The Bertz CT molecular complexity index is 384. The van der Waals surface area contributed by atoms with Gasteiger partial charge in [-0.05, 0) is 6.42 Å². The summed E-state index contributed by atoms with van der Waals surface area (Å²) in [5.74, 6) is 0.479. The van der Waals surface area contributed by atoms with E-state index in [1.165, 1.54) is 38.0 Å². The van der Waals surface area contributed by atoms with Crippen LogP contribution in [0.25, 0.3) is 0 Å². The van der Waals surface area contributed by atoms with E-state index in [0.29, 0.717) is 6.61 Å². The van der Waals surface area contributed by atoms with Crippen LogP contribution < -0.4 is 10.2 Å². The van der Waals surface area contributed by atoms with E-state index in [9.17, 15) is 4.79 Å². The summed E-state index contributed by atoms with van der Waals surface area (Å²) < 4.78 is 10.4. The van der Waals surface area contributed by atoms with Crippen LogP contribution in [0.1, 0.15) is 51.2 Å². The maximum atomic E-state index is 11.5. The van der Waals surface area contributed by atoms with Crippen molar-refractivity contribution in [3.05, 3.63) is 28.3 Å². The van der Waals surface area contributed by atoms with Crippen LogP contribution in [-0.4, -0.2) is 11.7 Å². The predicted molar refractivity (Wildman–Crippen MR) is 69.8 cm³/mol. The third kappa shape index (κ3) is 5.36. The molecule has 0 unspecified atom stereocenters. The van der Waals surface area contributed by atoms with Gasteiger partial charge in [0.05, 0.1) is 6.61 Å². The fourth-order valence-corrected chi connectivity index (χ4v) is 1.69. The summed E-state index contributed by atoms with van der Waals surface area (Å²) in [4.78, 5) is 11.5.